The summed E-state index contributed by atoms with van der Waals surface area (Å²) in [6.07, 6.45) is 11.3. The van der Waals surface area contributed by atoms with Crippen molar-refractivity contribution in [2.24, 2.45) is 5.73 Å². The molecule has 0 aromatic carbocycles. The Morgan fingerprint density at radius 1 is 1.24 bits per heavy atom. The lowest BCUT2D eigenvalue weighted by Gasteiger charge is -2.43. The van der Waals surface area contributed by atoms with Gasteiger partial charge in [0.15, 0.2) is 0 Å². The van der Waals surface area contributed by atoms with Gasteiger partial charge in [0.1, 0.15) is 5.75 Å². The summed E-state index contributed by atoms with van der Waals surface area (Å²) >= 11 is 0. The number of hydrogen-bond donors (Lipinski definition) is 1. The van der Waals surface area contributed by atoms with E-state index in [0.29, 0.717) is 6.61 Å². The molecule has 1 atom stereocenters. The molecule has 21 heavy (non-hydrogen) atoms. The normalized spacial score (nSPS) is 23.3. The van der Waals surface area contributed by atoms with Crippen LogP contribution < -0.4 is 10.5 Å². The van der Waals surface area contributed by atoms with Crippen LogP contribution in [0, 0.1) is 0 Å². The molecule has 1 aromatic rings. The maximum atomic E-state index is 6.74. The Labute approximate surface area is 127 Å². The van der Waals surface area contributed by atoms with Crippen LogP contribution in [0.4, 0.5) is 0 Å². The summed E-state index contributed by atoms with van der Waals surface area (Å²) in [6, 6.07) is 2.11. The predicted molar refractivity (Wildman–Crippen MR) is 84.3 cm³/mol. The van der Waals surface area contributed by atoms with Crippen molar-refractivity contribution in [2.75, 3.05) is 19.7 Å². The molecule has 1 aliphatic heterocycles. The van der Waals surface area contributed by atoms with Crippen molar-refractivity contribution in [1.82, 2.24) is 9.88 Å². The third kappa shape index (κ3) is 2.79. The number of hydrogen-bond acceptors (Lipinski definition) is 4. The fraction of sp³-hybridized carbons (Fsp3) is 0.706. The molecule has 1 unspecified atom stereocenters. The Morgan fingerprint density at radius 2 is 1.95 bits per heavy atom. The number of nitrogens with zero attached hydrogens (tertiary/aromatic N) is 2. The fourth-order valence-corrected chi connectivity index (χ4v) is 4.14. The van der Waals surface area contributed by atoms with Gasteiger partial charge < -0.3 is 10.5 Å². The van der Waals surface area contributed by atoms with Gasteiger partial charge in [-0.1, -0.05) is 12.8 Å². The summed E-state index contributed by atoms with van der Waals surface area (Å²) in [5.74, 6) is 0.833. The highest BCUT2D eigenvalue weighted by molar-refractivity contribution is 5.29. The Bertz CT molecular complexity index is 465. The largest absolute Gasteiger partial charge is 0.492 e. The second-order valence-electron chi connectivity index (χ2n) is 6.37. The molecule has 3 rings (SSSR count). The van der Waals surface area contributed by atoms with Crippen molar-refractivity contribution < 1.29 is 4.74 Å². The number of rotatable bonds is 5. The lowest BCUT2D eigenvalue weighted by molar-refractivity contribution is 0.0919. The van der Waals surface area contributed by atoms with Crippen molar-refractivity contribution in [1.29, 1.82) is 0 Å². The Morgan fingerprint density at radius 3 is 2.62 bits per heavy atom. The first-order valence-corrected chi connectivity index (χ1v) is 8.34. The lowest BCUT2D eigenvalue weighted by atomic mass is 9.83. The van der Waals surface area contributed by atoms with Crippen molar-refractivity contribution >= 4 is 0 Å². The molecule has 116 valence electrons. The van der Waals surface area contributed by atoms with E-state index >= 15 is 0 Å². The predicted octanol–water partition coefficient (Wildman–Crippen LogP) is 2.89. The monoisotopic (exact) mass is 289 g/mol. The molecular formula is C17H27N3O. The zero-order valence-electron chi connectivity index (χ0n) is 13.1. The van der Waals surface area contributed by atoms with Gasteiger partial charge in [-0.25, -0.2) is 0 Å². The molecule has 1 saturated heterocycles. The minimum atomic E-state index is 0.0333. The maximum Gasteiger partial charge on any atom is 0.137 e. The van der Waals surface area contributed by atoms with Gasteiger partial charge in [0, 0.05) is 17.8 Å². The van der Waals surface area contributed by atoms with Gasteiger partial charge in [-0.3, -0.25) is 9.88 Å². The van der Waals surface area contributed by atoms with Gasteiger partial charge in [0.2, 0.25) is 0 Å². The highest BCUT2D eigenvalue weighted by Gasteiger charge is 2.45. The van der Waals surface area contributed by atoms with Crippen LogP contribution in [0.2, 0.25) is 0 Å². The third-order valence-corrected chi connectivity index (χ3v) is 5.19. The highest BCUT2D eigenvalue weighted by atomic mass is 16.5. The molecule has 2 fully saturated rings. The lowest BCUT2D eigenvalue weighted by Crippen LogP contribution is -2.52. The highest BCUT2D eigenvalue weighted by Crippen LogP contribution is 2.45. The van der Waals surface area contributed by atoms with Crippen LogP contribution in [-0.2, 0) is 0 Å². The Balaban J connectivity index is 1.86. The summed E-state index contributed by atoms with van der Waals surface area (Å²) in [5.41, 5.74) is 8.00. The molecule has 1 saturated carbocycles. The average Bonchev–Trinajstić information content (AvgIpc) is 3.19. The molecular weight excluding hydrogens is 262 g/mol. The van der Waals surface area contributed by atoms with E-state index in [9.17, 15) is 0 Å². The van der Waals surface area contributed by atoms with Gasteiger partial charge in [-0.15, -0.1) is 0 Å². The summed E-state index contributed by atoms with van der Waals surface area (Å²) < 4.78 is 5.59. The van der Waals surface area contributed by atoms with E-state index in [1.165, 1.54) is 51.6 Å². The van der Waals surface area contributed by atoms with Gasteiger partial charge in [-0.2, -0.15) is 0 Å². The quantitative estimate of drug-likeness (QED) is 0.905. The zero-order chi connectivity index (χ0) is 14.7. The Hall–Kier alpha value is -1.13. The number of aromatic nitrogens is 1. The van der Waals surface area contributed by atoms with E-state index in [0.717, 1.165) is 11.3 Å². The molecule has 1 aliphatic carbocycles. The number of likely N-dealkylation sites (tertiary alicyclic amines) is 1. The average molecular weight is 289 g/mol. The number of pyridine rings is 1. The summed E-state index contributed by atoms with van der Waals surface area (Å²) in [7, 11) is 0. The second-order valence-corrected chi connectivity index (χ2v) is 6.37. The topological polar surface area (TPSA) is 51.4 Å². The van der Waals surface area contributed by atoms with E-state index in [-0.39, 0.29) is 11.6 Å². The molecule has 4 nitrogen and oxygen atoms in total. The second kappa shape index (κ2) is 6.32. The summed E-state index contributed by atoms with van der Waals surface area (Å²) in [5, 5.41) is 0. The minimum Gasteiger partial charge on any atom is -0.492 e. The first kappa shape index (κ1) is 14.8. The fourth-order valence-electron chi connectivity index (χ4n) is 4.14. The zero-order valence-corrected chi connectivity index (χ0v) is 13.1. The van der Waals surface area contributed by atoms with E-state index in [1.807, 2.05) is 13.1 Å². The number of ether oxygens (including phenoxy) is 1. The van der Waals surface area contributed by atoms with Crippen molar-refractivity contribution in [3.05, 3.63) is 24.0 Å². The van der Waals surface area contributed by atoms with Gasteiger partial charge in [0.25, 0.3) is 0 Å². The van der Waals surface area contributed by atoms with Crippen LogP contribution in [0.15, 0.2) is 18.5 Å². The summed E-state index contributed by atoms with van der Waals surface area (Å²) in [6.45, 7) is 5.06. The van der Waals surface area contributed by atoms with Gasteiger partial charge in [0.05, 0.1) is 12.8 Å². The van der Waals surface area contributed by atoms with Crippen molar-refractivity contribution in [2.45, 2.75) is 57.0 Å². The molecule has 0 bridgehead atoms. The standard InChI is InChI=1S/C17H27N3O/c1-2-21-15-11-14(12-19-13-15)16(18)17(7-3-4-8-17)20-9-5-6-10-20/h11-13,16H,2-10,18H2,1H3. The van der Waals surface area contributed by atoms with Gasteiger partial charge >= 0.3 is 0 Å². The molecule has 0 spiro atoms. The van der Waals surface area contributed by atoms with Crippen LogP contribution in [0.5, 0.6) is 5.75 Å². The molecule has 2 heterocycles. The van der Waals surface area contributed by atoms with Crippen LogP contribution in [0.3, 0.4) is 0 Å². The molecule has 2 N–H and O–H groups in total. The molecule has 1 aromatic heterocycles. The van der Waals surface area contributed by atoms with E-state index in [4.69, 9.17) is 10.5 Å². The molecule has 4 heteroatoms. The van der Waals surface area contributed by atoms with Gasteiger partial charge in [-0.05, 0) is 57.3 Å². The van der Waals surface area contributed by atoms with Crippen LogP contribution in [-0.4, -0.2) is 35.1 Å². The Kier molecular flexibility index (Phi) is 4.45. The molecule has 0 amide bonds. The summed E-state index contributed by atoms with van der Waals surface area (Å²) in [4.78, 5) is 6.98. The molecule has 2 aliphatic rings. The third-order valence-electron chi connectivity index (χ3n) is 5.19. The number of nitrogens with two attached hydrogens (primary N) is 1. The van der Waals surface area contributed by atoms with E-state index < -0.39 is 0 Å². The minimum absolute atomic E-state index is 0.0333. The SMILES string of the molecule is CCOc1cncc(C(N)C2(N3CCCC3)CCCC2)c1. The van der Waals surface area contributed by atoms with E-state index in [1.54, 1.807) is 6.20 Å². The van der Waals surface area contributed by atoms with Crippen LogP contribution in [0.25, 0.3) is 0 Å². The van der Waals surface area contributed by atoms with E-state index in [2.05, 4.69) is 16.0 Å². The first-order valence-electron chi connectivity index (χ1n) is 8.34. The molecule has 0 radical (unpaired) electrons. The maximum absolute atomic E-state index is 6.74. The van der Waals surface area contributed by atoms with Crippen LogP contribution in [0.1, 0.15) is 57.1 Å². The van der Waals surface area contributed by atoms with Crippen molar-refractivity contribution in [3.8, 4) is 5.75 Å². The van der Waals surface area contributed by atoms with Crippen LogP contribution >= 0.6 is 0 Å². The van der Waals surface area contributed by atoms with Crippen molar-refractivity contribution in [3.63, 3.8) is 0 Å². The smallest absolute Gasteiger partial charge is 0.137 e. The first-order chi connectivity index (χ1) is 10.3.